The molecule has 3 aromatic rings. The maximum atomic E-state index is 13.6. The molecule has 3 aromatic carbocycles. The summed E-state index contributed by atoms with van der Waals surface area (Å²) in [5.74, 6) is -1.21. The summed E-state index contributed by atoms with van der Waals surface area (Å²) in [5, 5.41) is 0.422. The lowest BCUT2D eigenvalue weighted by atomic mass is 9.55. The van der Waals surface area contributed by atoms with E-state index in [0.717, 1.165) is 0 Å². The van der Waals surface area contributed by atoms with Crippen LogP contribution in [0, 0.1) is 11.8 Å². The zero-order valence-electron chi connectivity index (χ0n) is 14.9. The fourth-order valence-electron chi connectivity index (χ4n) is 5.55. The number of hydrogen-bond acceptors (Lipinski definition) is 2. The van der Waals surface area contributed by atoms with Crippen LogP contribution in [0.4, 0.5) is 5.69 Å². The first kappa shape index (κ1) is 16.1. The third-order valence-corrected chi connectivity index (χ3v) is 6.86. The molecule has 1 saturated heterocycles. The summed E-state index contributed by atoms with van der Waals surface area (Å²) in [6, 6.07) is 23.6. The van der Waals surface area contributed by atoms with E-state index in [2.05, 4.69) is 24.3 Å². The van der Waals surface area contributed by atoms with Gasteiger partial charge in [-0.3, -0.25) is 9.59 Å². The first-order valence-electron chi connectivity index (χ1n) is 9.48. The fraction of sp³-hybridized carbons (Fsp3) is 0.167. The SMILES string of the molecule is O=C1[C@@H]2C3c4ccccc4C(c4ccccc43)[C@H]2C(=O)N1c1ccccc1Cl. The number of amides is 2. The minimum atomic E-state index is -0.376. The Morgan fingerprint density at radius 2 is 1.00 bits per heavy atom. The standard InChI is InChI=1S/C24H16ClNO2/c25-17-11-5-6-12-18(17)26-23(27)21-19-13-7-1-2-8-14(13)20(22(21)24(26)28)16-10-4-3-9-15(16)19/h1-12,19-22H/t19?,20?,21-,22-/m1/s1. The van der Waals surface area contributed by atoms with Gasteiger partial charge >= 0.3 is 0 Å². The van der Waals surface area contributed by atoms with Gasteiger partial charge < -0.3 is 0 Å². The number of halogens is 1. The van der Waals surface area contributed by atoms with Crippen LogP contribution in [0.5, 0.6) is 0 Å². The molecular formula is C24H16ClNO2. The van der Waals surface area contributed by atoms with Crippen molar-refractivity contribution in [3.05, 3.63) is 100 Å². The van der Waals surface area contributed by atoms with Crippen molar-refractivity contribution in [3.8, 4) is 0 Å². The van der Waals surface area contributed by atoms with Crippen molar-refractivity contribution in [1.82, 2.24) is 0 Å². The highest BCUT2D eigenvalue weighted by atomic mass is 35.5. The molecule has 2 bridgehead atoms. The molecule has 2 amide bonds. The van der Waals surface area contributed by atoms with E-state index in [1.807, 2.05) is 30.3 Å². The van der Waals surface area contributed by atoms with Gasteiger partial charge in [0.25, 0.3) is 0 Å². The number of carbonyl (C=O) groups excluding carboxylic acids is 2. The van der Waals surface area contributed by atoms with Crippen molar-refractivity contribution in [1.29, 1.82) is 0 Å². The summed E-state index contributed by atoms with van der Waals surface area (Å²) in [6.45, 7) is 0. The van der Waals surface area contributed by atoms with Crippen molar-refractivity contribution in [2.45, 2.75) is 11.8 Å². The summed E-state index contributed by atoms with van der Waals surface area (Å²) in [4.78, 5) is 28.4. The highest BCUT2D eigenvalue weighted by Gasteiger charge is 2.61. The molecule has 0 unspecified atom stereocenters. The van der Waals surface area contributed by atoms with Gasteiger partial charge in [-0.05, 0) is 34.4 Å². The zero-order chi connectivity index (χ0) is 19.0. The van der Waals surface area contributed by atoms with E-state index >= 15 is 0 Å². The Kier molecular flexibility index (Phi) is 3.19. The number of carbonyl (C=O) groups is 2. The van der Waals surface area contributed by atoms with Crippen molar-refractivity contribution in [2.24, 2.45) is 11.8 Å². The molecule has 0 radical (unpaired) electrons. The molecule has 0 spiro atoms. The molecule has 2 atom stereocenters. The molecule has 136 valence electrons. The second-order valence-electron chi connectivity index (χ2n) is 7.73. The number of rotatable bonds is 1. The molecule has 4 heteroatoms. The molecule has 3 nitrogen and oxygen atoms in total. The van der Waals surface area contributed by atoms with Crippen LogP contribution in [-0.4, -0.2) is 11.8 Å². The summed E-state index contributed by atoms with van der Waals surface area (Å²) in [5.41, 5.74) is 5.19. The maximum absolute atomic E-state index is 13.6. The summed E-state index contributed by atoms with van der Waals surface area (Å²) < 4.78 is 0. The molecule has 1 heterocycles. The number of benzene rings is 3. The van der Waals surface area contributed by atoms with E-state index in [-0.39, 0.29) is 35.5 Å². The minimum absolute atomic E-state index is 0.0914. The van der Waals surface area contributed by atoms with E-state index in [0.29, 0.717) is 10.7 Å². The van der Waals surface area contributed by atoms with Crippen LogP contribution in [0.3, 0.4) is 0 Å². The average Bonchev–Trinajstić information content (AvgIpc) is 2.99. The van der Waals surface area contributed by atoms with E-state index in [4.69, 9.17) is 11.6 Å². The molecule has 0 aromatic heterocycles. The van der Waals surface area contributed by atoms with Crippen LogP contribution in [0.2, 0.25) is 5.02 Å². The van der Waals surface area contributed by atoms with Gasteiger partial charge in [-0.15, -0.1) is 0 Å². The quantitative estimate of drug-likeness (QED) is 0.567. The Morgan fingerprint density at radius 3 is 1.43 bits per heavy atom. The predicted molar refractivity (Wildman–Crippen MR) is 107 cm³/mol. The Bertz CT molecular complexity index is 1060. The van der Waals surface area contributed by atoms with Gasteiger partial charge in [-0.2, -0.15) is 0 Å². The minimum Gasteiger partial charge on any atom is -0.274 e. The maximum Gasteiger partial charge on any atom is 0.238 e. The smallest absolute Gasteiger partial charge is 0.238 e. The molecule has 7 rings (SSSR count). The first-order chi connectivity index (χ1) is 13.7. The molecule has 4 aliphatic rings. The topological polar surface area (TPSA) is 37.4 Å². The van der Waals surface area contributed by atoms with Crippen molar-refractivity contribution in [3.63, 3.8) is 0 Å². The van der Waals surface area contributed by atoms with Gasteiger partial charge in [0, 0.05) is 11.8 Å². The van der Waals surface area contributed by atoms with Crippen LogP contribution in [0.1, 0.15) is 34.1 Å². The third kappa shape index (κ3) is 1.85. The van der Waals surface area contributed by atoms with E-state index in [9.17, 15) is 9.59 Å². The van der Waals surface area contributed by atoms with Gasteiger partial charge in [0.15, 0.2) is 0 Å². The average molecular weight is 386 g/mol. The lowest BCUT2D eigenvalue weighted by Gasteiger charge is -2.45. The number of anilines is 1. The lowest BCUT2D eigenvalue weighted by Crippen LogP contribution is -2.41. The molecule has 3 aliphatic carbocycles. The van der Waals surface area contributed by atoms with E-state index in [1.165, 1.54) is 27.2 Å². The molecule has 0 N–H and O–H groups in total. The molecule has 0 saturated carbocycles. The van der Waals surface area contributed by atoms with Gasteiger partial charge in [-0.1, -0.05) is 72.3 Å². The summed E-state index contributed by atoms with van der Waals surface area (Å²) >= 11 is 6.35. The monoisotopic (exact) mass is 385 g/mol. The Hall–Kier alpha value is -2.91. The van der Waals surface area contributed by atoms with Crippen LogP contribution in [0.15, 0.2) is 72.8 Å². The van der Waals surface area contributed by atoms with Gasteiger partial charge in [-0.25, -0.2) is 4.90 Å². The zero-order valence-corrected chi connectivity index (χ0v) is 15.6. The van der Waals surface area contributed by atoms with E-state index in [1.54, 1.807) is 18.2 Å². The second kappa shape index (κ2) is 5.55. The predicted octanol–water partition coefficient (Wildman–Crippen LogP) is 4.74. The van der Waals surface area contributed by atoms with Gasteiger partial charge in [0.2, 0.25) is 11.8 Å². The largest absolute Gasteiger partial charge is 0.274 e. The van der Waals surface area contributed by atoms with Crippen molar-refractivity contribution in [2.75, 3.05) is 4.90 Å². The van der Waals surface area contributed by atoms with Crippen LogP contribution in [0.25, 0.3) is 0 Å². The highest BCUT2D eigenvalue weighted by molar-refractivity contribution is 6.36. The molecule has 1 aliphatic heterocycles. The Labute approximate surface area is 167 Å². The number of para-hydroxylation sites is 1. The molecule has 1 fully saturated rings. The first-order valence-corrected chi connectivity index (χ1v) is 9.86. The van der Waals surface area contributed by atoms with Crippen molar-refractivity contribution < 1.29 is 9.59 Å². The summed E-state index contributed by atoms with van der Waals surface area (Å²) in [6.07, 6.45) is 0. The van der Waals surface area contributed by atoms with Gasteiger partial charge in [0.1, 0.15) is 0 Å². The lowest BCUT2D eigenvalue weighted by molar-refractivity contribution is -0.122. The molecule has 28 heavy (non-hydrogen) atoms. The van der Waals surface area contributed by atoms with E-state index < -0.39 is 0 Å². The third-order valence-electron chi connectivity index (χ3n) is 6.54. The number of hydrogen-bond donors (Lipinski definition) is 0. The van der Waals surface area contributed by atoms with Crippen LogP contribution in [-0.2, 0) is 9.59 Å². The second-order valence-corrected chi connectivity index (χ2v) is 8.14. The molecular weight excluding hydrogens is 370 g/mol. The highest BCUT2D eigenvalue weighted by Crippen LogP contribution is 2.61. The van der Waals surface area contributed by atoms with Crippen LogP contribution < -0.4 is 4.90 Å². The number of imide groups is 1. The Balaban J connectivity index is 1.59. The van der Waals surface area contributed by atoms with Crippen molar-refractivity contribution >= 4 is 29.1 Å². The fourth-order valence-corrected chi connectivity index (χ4v) is 5.77. The number of nitrogens with zero attached hydrogens (tertiary/aromatic N) is 1. The van der Waals surface area contributed by atoms with Gasteiger partial charge in [0.05, 0.1) is 22.5 Å². The summed E-state index contributed by atoms with van der Waals surface area (Å²) in [7, 11) is 0. The Morgan fingerprint density at radius 1 is 0.607 bits per heavy atom. The van der Waals surface area contributed by atoms with Crippen LogP contribution >= 0.6 is 11.6 Å². The normalized spacial score (nSPS) is 26.8.